The number of rotatable bonds is 4. The van der Waals surface area contributed by atoms with Crippen LogP contribution >= 0.6 is 15.9 Å². The number of nitrogens with one attached hydrogen (secondary N) is 2. The minimum atomic E-state index is -3.48. The van der Waals surface area contributed by atoms with E-state index in [2.05, 4.69) is 26.6 Å². The zero-order chi connectivity index (χ0) is 19.3. The lowest BCUT2D eigenvalue weighted by Crippen LogP contribution is -2.31. The van der Waals surface area contributed by atoms with E-state index in [4.69, 9.17) is 0 Å². The fourth-order valence-corrected chi connectivity index (χ4v) is 4.92. The molecular formula is C19H22BrN3O3S. The number of hydrogen-bond acceptors (Lipinski definition) is 3. The Kier molecular flexibility index (Phi) is 6.51. The molecule has 1 heterocycles. The van der Waals surface area contributed by atoms with Crippen molar-refractivity contribution < 1.29 is 13.2 Å². The fourth-order valence-electron chi connectivity index (χ4n) is 3.00. The largest absolute Gasteiger partial charge is 0.323 e. The van der Waals surface area contributed by atoms with Crippen molar-refractivity contribution in [1.82, 2.24) is 4.31 Å². The van der Waals surface area contributed by atoms with Gasteiger partial charge in [0.15, 0.2) is 0 Å². The van der Waals surface area contributed by atoms with Crippen molar-refractivity contribution in [2.24, 2.45) is 0 Å². The van der Waals surface area contributed by atoms with Crippen molar-refractivity contribution >= 4 is 43.4 Å². The van der Waals surface area contributed by atoms with Gasteiger partial charge in [0.1, 0.15) is 0 Å². The zero-order valence-electron chi connectivity index (χ0n) is 14.8. The zero-order valence-corrected chi connectivity index (χ0v) is 17.2. The van der Waals surface area contributed by atoms with E-state index in [1.807, 2.05) is 12.1 Å². The third-order valence-corrected chi connectivity index (χ3v) is 6.80. The molecule has 1 saturated heterocycles. The minimum Gasteiger partial charge on any atom is -0.308 e. The molecule has 0 unspecified atom stereocenters. The lowest BCUT2D eigenvalue weighted by molar-refractivity contribution is 0.262. The van der Waals surface area contributed by atoms with Crippen molar-refractivity contribution in [3.63, 3.8) is 0 Å². The van der Waals surface area contributed by atoms with Crippen LogP contribution in [0.3, 0.4) is 0 Å². The Balaban J connectivity index is 1.65. The van der Waals surface area contributed by atoms with Crippen molar-refractivity contribution in [3.8, 4) is 0 Å². The van der Waals surface area contributed by atoms with Gasteiger partial charge in [-0.05, 0) is 55.3 Å². The Morgan fingerprint density at radius 3 is 2.15 bits per heavy atom. The first-order valence-corrected chi connectivity index (χ1v) is 11.1. The molecule has 27 heavy (non-hydrogen) atoms. The van der Waals surface area contributed by atoms with Crippen molar-refractivity contribution in [3.05, 3.63) is 53.0 Å². The minimum absolute atomic E-state index is 0.252. The Hall–Kier alpha value is -1.90. The summed E-state index contributed by atoms with van der Waals surface area (Å²) in [7, 11) is -3.48. The van der Waals surface area contributed by atoms with E-state index in [0.717, 1.165) is 30.2 Å². The monoisotopic (exact) mass is 451 g/mol. The molecule has 3 rings (SSSR count). The second-order valence-corrected chi connectivity index (χ2v) is 9.29. The lowest BCUT2D eigenvalue weighted by Gasteiger charge is -2.20. The molecule has 2 aromatic carbocycles. The van der Waals surface area contributed by atoms with E-state index in [1.54, 1.807) is 28.6 Å². The highest BCUT2D eigenvalue weighted by atomic mass is 79.9. The van der Waals surface area contributed by atoms with Crippen LogP contribution in [0.2, 0.25) is 0 Å². The second kappa shape index (κ2) is 8.86. The number of nitrogens with zero attached hydrogens (tertiary/aromatic N) is 1. The first-order valence-electron chi connectivity index (χ1n) is 8.89. The number of sulfonamides is 1. The first-order chi connectivity index (χ1) is 12.9. The van der Waals surface area contributed by atoms with Crippen molar-refractivity contribution in [2.75, 3.05) is 23.7 Å². The molecule has 1 fully saturated rings. The Morgan fingerprint density at radius 2 is 1.52 bits per heavy atom. The highest BCUT2D eigenvalue weighted by molar-refractivity contribution is 9.10. The van der Waals surface area contributed by atoms with Gasteiger partial charge >= 0.3 is 6.03 Å². The summed E-state index contributed by atoms with van der Waals surface area (Å²) in [5.41, 5.74) is 1.18. The second-order valence-electron chi connectivity index (χ2n) is 6.43. The molecule has 0 aliphatic carbocycles. The molecule has 2 amide bonds. The average Bonchev–Trinajstić information content (AvgIpc) is 2.92. The number of benzene rings is 2. The molecular weight excluding hydrogens is 430 g/mol. The molecule has 0 bridgehead atoms. The topological polar surface area (TPSA) is 78.5 Å². The summed E-state index contributed by atoms with van der Waals surface area (Å²) < 4.78 is 28.0. The predicted octanol–water partition coefficient (Wildman–Crippen LogP) is 4.66. The van der Waals surface area contributed by atoms with E-state index < -0.39 is 16.1 Å². The van der Waals surface area contributed by atoms with Crippen LogP contribution in [-0.4, -0.2) is 31.8 Å². The molecule has 1 aliphatic heterocycles. The van der Waals surface area contributed by atoms with Crippen LogP contribution in [0.1, 0.15) is 25.7 Å². The van der Waals surface area contributed by atoms with Gasteiger partial charge in [0.2, 0.25) is 10.0 Å². The third kappa shape index (κ3) is 5.31. The summed E-state index contributed by atoms with van der Waals surface area (Å²) >= 11 is 3.35. The van der Waals surface area contributed by atoms with Crippen LogP contribution in [-0.2, 0) is 10.0 Å². The van der Waals surface area contributed by atoms with E-state index in [-0.39, 0.29) is 4.90 Å². The molecule has 0 spiro atoms. The van der Waals surface area contributed by atoms with E-state index in [9.17, 15) is 13.2 Å². The van der Waals surface area contributed by atoms with Gasteiger partial charge < -0.3 is 10.6 Å². The molecule has 2 N–H and O–H groups in total. The number of carbonyl (C=O) groups is 1. The predicted molar refractivity (Wildman–Crippen MR) is 110 cm³/mol. The summed E-state index contributed by atoms with van der Waals surface area (Å²) in [6.45, 7) is 1.13. The number of urea groups is 1. The normalized spacial score (nSPS) is 15.7. The van der Waals surface area contributed by atoms with Crippen LogP contribution in [0, 0.1) is 0 Å². The third-order valence-electron chi connectivity index (χ3n) is 4.40. The molecule has 0 aromatic heterocycles. The molecule has 8 heteroatoms. The molecule has 0 atom stereocenters. The highest BCUT2D eigenvalue weighted by Crippen LogP contribution is 2.22. The summed E-state index contributed by atoms with van der Waals surface area (Å²) in [6, 6.07) is 13.1. The maximum absolute atomic E-state index is 12.8. The SMILES string of the molecule is O=C(Nc1ccc(S(=O)(=O)N2CCCCCC2)cc1)Nc1cccc(Br)c1. The summed E-state index contributed by atoms with van der Waals surface area (Å²) in [6.07, 6.45) is 3.94. The fraction of sp³-hybridized carbons (Fsp3) is 0.316. The van der Waals surface area contributed by atoms with Gasteiger partial charge in [-0.25, -0.2) is 13.2 Å². The first kappa shape index (κ1) is 19.9. The molecule has 144 valence electrons. The number of carbonyl (C=O) groups excluding carboxylic acids is 1. The van der Waals surface area contributed by atoms with Gasteiger partial charge in [0.05, 0.1) is 4.90 Å². The van der Waals surface area contributed by atoms with Crippen LogP contribution in [0.4, 0.5) is 16.2 Å². The Morgan fingerprint density at radius 1 is 0.889 bits per heavy atom. The number of halogens is 1. The van der Waals surface area contributed by atoms with Crippen molar-refractivity contribution in [1.29, 1.82) is 0 Å². The summed E-state index contributed by atoms with van der Waals surface area (Å²) in [5.74, 6) is 0. The van der Waals surface area contributed by atoms with E-state index in [0.29, 0.717) is 24.5 Å². The van der Waals surface area contributed by atoms with Crippen LogP contribution in [0.25, 0.3) is 0 Å². The van der Waals surface area contributed by atoms with Gasteiger partial charge in [-0.1, -0.05) is 34.8 Å². The molecule has 1 aliphatic rings. The standard InChI is InChI=1S/C19H22BrN3O3S/c20-15-6-5-7-17(14-15)22-19(24)21-16-8-10-18(11-9-16)27(25,26)23-12-3-1-2-4-13-23/h5-11,14H,1-4,12-13H2,(H2,21,22,24). The quantitative estimate of drug-likeness (QED) is 0.709. The molecule has 0 radical (unpaired) electrons. The van der Waals surface area contributed by atoms with Gasteiger partial charge in [-0.3, -0.25) is 0 Å². The number of amides is 2. The number of hydrogen-bond donors (Lipinski definition) is 2. The van der Waals surface area contributed by atoms with E-state index >= 15 is 0 Å². The van der Waals surface area contributed by atoms with Crippen LogP contribution in [0.15, 0.2) is 57.9 Å². The number of anilines is 2. The maximum Gasteiger partial charge on any atom is 0.323 e. The maximum atomic E-state index is 12.8. The summed E-state index contributed by atoms with van der Waals surface area (Å²) in [5, 5.41) is 5.43. The van der Waals surface area contributed by atoms with Crippen LogP contribution < -0.4 is 10.6 Å². The Labute approximate surface area is 168 Å². The lowest BCUT2D eigenvalue weighted by atomic mass is 10.2. The highest BCUT2D eigenvalue weighted by Gasteiger charge is 2.24. The average molecular weight is 452 g/mol. The van der Waals surface area contributed by atoms with Crippen LogP contribution in [0.5, 0.6) is 0 Å². The smallest absolute Gasteiger partial charge is 0.308 e. The van der Waals surface area contributed by atoms with E-state index in [1.165, 1.54) is 12.1 Å². The molecule has 0 saturated carbocycles. The summed E-state index contributed by atoms with van der Waals surface area (Å²) in [4.78, 5) is 12.3. The molecule has 6 nitrogen and oxygen atoms in total. The Bertz CT molecular complexity index is 893. The van der Waals surface area contributed by atoms with Gasteiger partial charge in [-0.2, -0.15) is 4.31 Å². The van der Waals surface area contributed by atoms with Gasteiger partial charge in [-0.15, -0.1) is 0 Å². The van der Waals surface area contributed by atoms with Crippen molar-refractivity contribution in [2.45, 2.75) is 30.6 Å². The van der Waals surface area contributed by atoms with Gasteiger partial charge in [0, 0.05) is 28.9 Å². The van der Waals surface area contributed by atoms with Gasteiger partial charge in [0.25, 0.3) is 0 Å². The molecule has 2 aromatic rings.